The fourth-order valence-corrected chi connectivity index (χ4v) is 3.74. The lowest BCUT2D eigenvalue weighted by atomic mass is 9.97. The molecule has 0 saturated heterocycles. The van der Waals surface area contributed by atoms with Gasteiger partial charge < -0.3 is 9.67 Å². The molecule has 1 fully saturated rings. The fraction of sp³-hybridized carbons (Fsp3) is 0.273. The number of rotatable bonds is 6. The molecule has 1 saturated carbocycles. The summed E-state index contributed by atoms with van der Waals surface area (Å²) in [6, 6.07) is 18.2. The van der Waals surface area contributed by atoms with Gasteiger partial charge in [-0.1, -0.05) is 65.3 Å². The molecule has 28 heavy (non-hydrogen) atoms. The largest absolute Gasteiger partial charge is 0.386 e. The van der Waals surface area contributed by atoms with Crippen LogP contribution in [0.5, 0.6) is 0 Å². The molecule has 0 aliphatic heterocycles. The molecule has 1 aromatic heterocycles. The van der Waals surface area contributed by atoms with Crippen molar-refractivity contribution in [1.82, 2.24) is 14.3 Å². The summed E-state index contributed by atoms with van der Waals surface area (Å²) < 4.78 is 5.23. The average molecular weight is 456 g/mol. The van der Waals surface area contributed by atoms with Gasteiger partial charge in [0.25, 0.3) is 0 Å². The Morgan fingerprint density at radius 3 is 2.54 bits per heavy atom. The van der Waals surface area contributed by atoms with Gasteiger partial charge in [0.15, 0.2) is 0 Å². The van der Waals surface area contributed by atoms with Crippen molar-refractivity contribution in [3.05, 3.63) is 81.3 Å². The highest BCUT2D eigenvalue weighted by Crippen LogP contribution is 2.51. The van der Waals surface area contributed by atoms with Crippen molar-refractivity contribution in [3.63, 3.8) is 0 Å². The van der Waals surface area contributed by atoms with Crippen molar-refractivity contribution in [2.45, 2.75) is 32.4 Å². The first-order valence-corrected chi connectivity index (χ1v) is 10.5. The molecule has 4 rings (SSSR count). The van der Waals surface area contributed by atoms with E-state index in [0.717, 1.165) is 34.1 Å². The Morgan fingerprint density at radius 1 is 1.21 bits per heavy atom. The Balaban J connectivity index is 1.73. The summed E-state index contributed by atoms with van der Waals surface area (Å²) in [5.41, 5.74) is 2.77. The van der Waals surface area contributed by atoms with Gasteiger partial charge in [-0.15, -0.1) is 0 Å². The van der Waals surface area contributed by atoms with Gasteiger partial charge in [-0.25, -0.2) is 4.68 Å². The third-order valence-corrected chi connectivity index (χ3v) is 6.27. The normalized spacial score (nSPS) is 16.8. The zero-order valence-electron chi connectivity index (χ0n) is 15.6. The number of halogens is 1. The number of benzene rings is 2. The Kier molecular flexibility index (Phi) is 5.36. The number of aromatic nitrogens is 3. The number of aliphatic hydroxyl groups is 1. The molecule has 1 unspecified atom stereocenters. The van der Waals surface area contributed by atoms with Gasteiger partial charge in [-0.05, 0) is 59.8 Å². The summed E-state index contributed by atoms with van der Waals surface area (Å²) in [5.74, 6) is 0. The molecule has 3 aromatic rings. The minimum Gasteiger partial charge on any atom is -0.386 e. The molecule has 2 aromatic carbocycles. The molecular weight excluding hydrogens is 434 g/mol. The van der Waals surface area contributed by atoms with Crippen LogP contribution in [0.3, 0.4) is 0 Å². The van der Waals surface area contributed by atoms with Crippen LogP contribution in [-0.4, -0.2) is 25.6 Å². The van der Waals surface area contributed by atoms with Crippen LogP contribution in [-0.2, 0) is 6.54 Å². The van der Waals surface area contributed by atoms with Crippen LogP contribution in [0.25, 0.3) is 11.8 Å². The molecule has 6 heteroatoms. The van der Waals surface area contributed by atoms with Gasteiger partial charge in [-0.3, -0.25) is 0 Å². The van der Waals surface area contributed by atoms with E-state index in [1.807, 2.05) is 53.1 Å². The molecule has 4 nitrogen and oxygen atoms in total. The van der Waals surface area contributed by atoms with Crippen molar-refractivity contribution < 1.29 is 5.11 Å². The van der Waals surface area contributed by atoms with Crippen LogP contribution in [0, 0.1) is 10.2 Å². The monoisotopic (exact) mass is 455 g/mol. The second-order valence-corrected chi connectivity index (χ2v) is 8.90. The first-order valence-electron chi connectivity index (χ1n) is 9.30. The third-order valence-electron chi connectivity index (χ3n) is 5.34. The molecule has 1 N–H and O–H groups in total. The van der Waals surface area contributed by atoms with E-state index in [1.165, 1.54) is 0 Å². The molecule has 0 bridgehead atoms. The van der Waals surface area contributed by atoms with Crippen LogP contribution in [0.15, 0.2) is 65.4 Å². The fourth-order valence-electron chi connectivity index (χ4n) is 3.21. The SMILES string of the molecule is CC1(C(O)/C(=C\c2ccc(Br)cc2)n2ncn(Cc3ccccc3)c2=S)CC1. The van der Waals surface area contributed by atoms with Crippen molar-refractivity contribution in [2.75, 3.05) is 0 Å². The van der Waals surface area contributed by atoms with Crippen molar-refractivity contribution in [2.24, 2.45) is 5.41 Å². The second-order valence-electron chi connectivity index (χ2n) is 7.62. The number of nitrogens with zero attached hydrogens (tertiary/aromatic N) is 3. The molecular formula is C22H22BrN3OS. The van der Waals surface area contributed by atoms with E-state index in [-0.39, 0.29) is 5.41 Å². The van der Waals surface area contributed by atoms with Crippen LogP contribution >= 0.6 is 28.1 Å². The van der Waals surface area contributed by atoms with E-state index in [4.69, 9.17) is 12.2 Å². The standard InChI is InChI=1S/C22H22BrN3OS/c1-22(11-12-22)20(27)19(13-16-7-9-18(23)10-8-16)26-21(28)25(15-24-26)14-17-5-3-2-4-6-17/h2-10,13,15,20,27H,11-12,14H2,1H3/b19-13+. The van der Waals surface area contributed by atoms with Crippen LogP contribution in [0.4, 0.5) is 0 Å². The first-order chi connectivity index (χ1) is 13.5. The first kappa shape index (κ1) is 19.3. The summed E-state index contributed by atoms with van der Waals surface area (Å²) in [6.07, 6.45) is 5.11. The van der Waals surface area contributed by atoms with Gasteiger partial charge in [-0.2, -0.15) is 5.10 Å². The lowest BCUT2D eigenvalue weighted by Crippen LogP contribution is -2.24. The molecule has 0 amide bonds. The molecule has 0 radical (unpaired) electrons. The molecule has 144 valence electrons. The number of hydrogen-bond donors (Lipinski definition) is 1. The molecule has 1 heterocycles. The maximum Gasteiger partial charge on any atom is 0.202 e. The number of hydrogen-bond acceptors (Lipinski definition) is 3. The zero-order chi connectivity index (χ0) is 19.7. The maximum absolute atomic E-state index is 11.1. The molecule has 0 spiro atoms. The van der Waals surface area contributed by atoms with Crippen molar-refractivity contribution >= 4 is 39.9 Å². The molecule has 1 atom stereocenters. The molecule has 1 aliphatic carbocycles. The van der Waals surface area contributed by atoms with Crippen LogP contribution in [0.2, 0.25) is 0 Å². The van der Waals surface area contributed by atoms with Crippen LogP contribution < -0.4 is 0 Å². The smallest absolute Gasteiger partial charge is 0.202 e. The van der Waals surface area contributed by atoms with Crippen LogP contribution in [0.1, 0.15) is 30.9 Å². The highest BCUT2D eigenvalue weighted by molar-refractivity contribution is 9.10. The third kappa shape index (κ3) is 4.04. The van der Waals surface area contributed by atoms with Crippen molar-refractivity contribution in [3.8, 4) is 0 Å². The van der Waals surface area contributed by atoms with Gasteiger partial charge in [0.1, 0.15) is 12.4 Å². The van der Waals surface area contributed by atoms with E-state index < -0.39 is 6.10 Å². The average Bonchev–Trinajstić information content (AvgIpc) is 3.37. The van der Waals surface area contributed by atoms with E-state index >= 15 is 0 Å². The van der Waals surface area contributed by atoms with Gasteiger partial charge in [0.2, 0.25) is 4.77 Å². The van der Waals surface area contributed by atoms with Gasteiger partial charge in [0.05, 0.1) is 12.2 Å². The Bertz CT molecular complexity index is 1050. The molecule has 1 aliphatic rings. The predicted octanol–water partition coefficient (Wildman–Crippen LogP) is 5.38. The second kappa shape index (κ2) is 7.78. The highest BCUT2D eigenvalue weighted by Gasteiger charge is 2.46. The Hall–Kier alpha value is -2.02. The van der Waals surface area contributed by atoms with E-state index in [9.17, 15) is 5.11 Å². The summed E-state index contributed by atoms with van der Waals surface area (Å²) in [5, 5.41) is 15.6. The summed E-state index contributed by atoms with van der Waals surface area (Å²) >= 11 is 9.17. The highest BCUT2D eigenvalue weighted by atomic mass is 79.9. The Labute approximate surface area is 178 Å². The summed E-state index contributed by atoms with van der Waals surface area (Å²) in [7, 11) is 0. The Morgan fingerprint density at radius 2 is 1.89 bits per heavy atom. The maximum atomic E-state index is 11.1. The quantitative estimate of drug-likeness (QED) is 0.507. The predicted molar refractivity (Wildman–Crippen MR) is 118 cm³/mol. The minimum absolute atomic E-state index is 0.112. The number of aliphatic hydroxyl groups excluding tert-OH is 1. The minimum atomic E-state index is -0.622. The van der Waals surface area contributed by atoms with E-state index in [1.54, 1.807) is 11.0 Å². The van der Waals surface area contributed by atoms with E-state index in [0.29, 0.717) is 11.3 Å². The summed E-state index contributed by atoms with van der Waals surface area (Å²) in [4.78, 5) is 0. The zero-order valence-corrected chi connectivity index (χ0v) is 18.0. The lowest BCUT2D eigenvalue weighted by Gasteiger charge is -2.21. The lowest BCUT2D eigenvalue weighted by molar-refractivity contribution is 0.152. The van der Waals surface area contributed by atoms with Crippen molar-refractivity contribution in [1.29, 1.82) is 0 Å². The van der Waals surface area contributed by atoms with Gasteiger partial charge >= 0.3 is 0 Å². The topological polar surface area (TPSA) is 43.0 Å². The van der Waals surface area contributed by atoms with E-state index in [2.05, 4.69) is 40.1 Å². The summed E-state index contributed by atoms with van der Waals surface area (Å²) in [6.45, 7) is 2.76. The van der Waals surface area contributed by atoms with Gasteiger partial charge in [0, 0.05) is 4.47 Å².